The van der Waals surface area contributed by atoms with Gasteiger partial charge >= 0.3 is 0 Å². The van der Waals surface area contributed by atoms with Crippen LogP contribution in [0.3, 0.4) is 0 Å². The molecule has 26 heavy (non-hydrogen) atoms. The molecule has 0 aromatic heterocycles. The van der Waals surface area contributed by atoms with Crippen molar-refractivity contribution in [1.82, 2.24) is 10.2 Å². The van der Waals surface area contributed by atoms with Crippen molar-refractivity contribution in [2.24, 2.45) is 0 Å². The monoisotopic (exact) mass is 372 g/mol. The zero-order chi connectivity index (χ0) is 18.2. The van der Waals surface area contributed by atoms with Crippen molar-refractivity contribution >= 4 is 17.5 Å². The topological polar surface area (TPSA) is 41.6 Å². The Kier molecular flexibility index (Phi) is 7.06. The number of ether oxygens (including phenoxy) is 1. The van der Waals surface area contributed by atoms with Gasteiger partial charge in [0.1, 0.15) is 0 Å². The Labute approximate surface area is 160 Å². The van der Waals surface area contributed by atoms with Gasteiger partial charge in [-0.25, -0.2) is 0 Å². The first-order valence-corrected chi connectivity index (χ1v) is 9.48. The minimum atomic E-state index is 0.0779. The Balaban J connectivity index is 1.54. The Morgan fingerprint density at radius 1 is 1.08 bits per heavy atom. The Morgan fingerprint density at radius 2 is 1.77 bits per heavy atom. The van der Waals surface area contributed by atoms with Crippen LogP contribution in [0.2, 0.25) is 5.02 Å². The lowest BCUT2D eigenvalue weighted by Crippen LogP contribution is -2.43. The number of nitrogens with one attached hydrogen (secondary N) is 1. The number of halogens is 1. The van der Waals surface area contributed by atoms with Crippen molar-refractivity contribution in [3.63, 3.8) is 0 Å². The molecule has 4 nitrogen and oxygen atoms in total. The van der Waals surface area contributed by atoms with E-state index in [0.29, 0.717) is 13.0 Å². The highest BCUT2D eigenvalue weighted by atomic mass is 35.5. The quantitative estimate of drug-likeness (QED) is 0.809. The molecule has 5 heteroatoms. The summed E-state index contributed by atoms with van der Waals surface area (Å²) in [5, 5.41) is 3.83. The smallest absolute Gasteiger partial charge is 0.220 e. The van der Waals surface area contributed by atoms with Gasteiger partial charge in [0.15, 0.2) is 0 Å². The van der Waals surface area contributed by atoms with Crippen molar-refractivity contribution in [2.45, 2.75) is 18.9 Å². The second kappa shape index (κ2) is 9.72. The van der Waals surface area contributed by atoms with Crippen LogP contribution < -0.4 is 5.32 Å². The SMILES string of the molecule is O=C(CCc1ccc(Cl)cc1)NCC(c1ccccc1)N1CCOCC1. The lowest BCUT2D eigenvalue weighted by Gasteiger charge is -2.35. The van der Waals surface area contributed by atoms with Crippen molar-refractivity contribution in [1.29, 1.82) is 0 Å². The van der Waals surface area contributed by atoms with Crippen LogP contribution in [0.15, 0.2) is 54.6 Å². The van der Waals surface area contributed by atoms with E-state index in [1.165, 1.54) is 5.56 Å². The molecule has 1 aliphatic rings. The molecule has 2 aromatic carbocycles. The van der Waals surface area contributed by atoms with E-state index in [2.05, 4.69) is 22.3 Å². The first kappa shape index (κ1) is 18.9. The second-order valence-corrected chi connectivity index (χ2v) is 6.94. The molecule has 1 fully saturated rings. The highest BCUT2D eigenvalue weighted by Gasteiger charge is 2.22. The van der Waals surface area contributed by atoms with Gasteiger partial charge in [-0.2, -0.15) is 0 Å². The van der Waals surface area contributed by atoms with E-state index in [9.17, 15) is 4.79 Å². The van der Waals surface area contributed by atoms with Crippen molar-refractivity contribution < 1.29 is 9.53 Å². The summed E-state index contributed by atoms with van der Waals surface area (Å²) in [6, 6.07) is 18.2. The zero-order valence-corrected chi connectivity index (χ0v) is 15.6. The minimum absolute atomic E-state index is 0.0779. The van der Waals surface area contributed by atoms with E-state index in [1.54, 1.807) is 0 Å². The van der Waals surface area contributed by atoms with E-state index in [0.717, 1.165) is 43.3 Å². The Bertz CT molecular complexity index is 685. The molecule has 3 rings (SSSR count). The van der Waals surface area contributed by atoms with Gasteiger partial charge in [-0.05, 0) is 29.7 Å². The number of carbonyl (C=O) groups excluding carboxylic acids is 1. The zero-order valence-electron chi connectivity index (χ0n) is 14.9. The van der Waals surface area contributed by atoms with Crippen LogP contribution >= 0.6 is 11.6 Å². The van der Waals surface area contributed by atoms with Crippen LogP contribution in [-0.2, 0) is 16.0 Å². The van der Waals surface area contributed by atoms with E-state index in [1.807, 2.05) is 42.5 Å². The van der Waals surface area contributed by atoms with E-state index < -0.39 is 0 Å². The fourth-order valence-electron chi connectivity index (χ4n) is 3.23. The third kappa shape index (κ3) is 5.56. The summed E-state index contributed by atoms with van der Waals surface area (Å²) in [6.45, 7) is 3.88. The Morgan fingerprint density at radius 3 is 2.46 bits per heavy atom. The van der Waals surface area contributed by atoms with Gasteiger partial charge in [0, 0.05) is 31.1 Å². The van der Waals surface area contributed by atoms with Crippen LogP contribution in [0.5, 0.6) is 0 Å². The molecule has 1 amide bonds. The van der Waals surface area contributed by atoms with Gasteiger partial charge in [0.25, 0.3) is 0 Å². The first-order valence-electron chi connectivity index (χ1n) is 9.10. The summed E-state index contributed by atoms with van der Waals surface area (Å²) in [4.78, 5) is 14.7. The average molecular weight is 373 g/mol. The highest BCUT2D eigenvalue weighted by molar-refractivity contribution is 6.30. The summed E-state index contributed by atoms with van der Waals surface area (Å²) < 4.78 is 5.47. The maximum Gasteiger partial charge on any atom is 0.220 e. The molecule has 2 aromatic rings. The van der Waals surface area contributed by atoms with E-state index in [4.69, 9.17) is 16.3 Å². The summed E-state index contributed by atoms with van der Waals surface area (Å²) in [5.74, 6) is 0.0779. The number of benzene rings is 2. The van der Waals surface area contributed by atoms with Gasteiger partial charge in [-0.3, -0.25) is 9.69 Å². The van der Waals surface area contributed by atoms with E-state index in [-0.39, 0.29) is 11.9 Å². The fraction of sp³-hybridized carbons (Fsp3) is 0.381. The number of carbonyl (C=O) groups is 1. The third-order valence-corrected chi connectivity index (χ3v) is 4.97. The molecule has 1 aliphatic heterocycles. The van der Waals surface area contributed by atoms with Crippen molar-refractivity contribution in [3.05, 3.63) is 70.7 Å². The molecule has 1 N–H and O–H groups in total. The number of amides is 1. The van der Waals surface area contributed by atoms with Crippen LogP contribution in [0, 0.1) is 0 Å². The van der Waals surface area contributed by atoms with Gasteiger partial charge in [0.05, 0.1) is 19.3 Å². The average Bonchev–Trinajstić information content (AvgIpc) is 2.69. The normalized spacial score (nSPS) is 16.2. The number of morpholine rings is 1. The standard InChI is InChI=1S/C21H25ClN2O2/c22-19-9-6-17(7-10-19)8-11-21(25)23-16-20(18-4-2-1-3-5-18)24-12-14-26-15-13-24/h1-7,9-10,20H,8,11-16H2,(H,23,25). The molecule has 0 saturated carbocycles. The molecule has 1 heterocycles. The van der Waals surface area contributed by atoms with Gasteiger partial charge < -0.3 is 10.1 Å². The molecule has 1 unspecified atom stereocenters. The molecule has 1 atom stereocenters. The number of rotatable bonds is 7. The maximum atomic E-state index is 12.3. The van der Waals surface area contributed by atoms with Gasteiger partial charge in [-0.15, -0.1) is 0 Å². The minimum Gasteiger partial charge on any atom is -0.379 e. The lowest BCUT2D eigenvalue weighted by molar-refractivity contribution is -0.121. The molecule has 0 spiro atoms. The van der Waals surface area contributed by atoms with Gasteiger partial charge in [0.2, 0.25) is 5.91 Å². The molecule has 138 valence electrons. The molecule has 0 bridgehead atoms. The summed E-state index contributed by atoms with van der Waals surface area (Å²) in [7, 11) is 0. The number of hydrogen-bond donors (Lipinski definition) is 1. The maximum absolute atomic E-state index is 12.3. The molecular formula is C21H25ClN2O2. The lowest BCUT2D eigenvalue weighted by atomic mass is 10.0. The van der Waals surface area contributed by atoms with Crippen molar-refractivity contribution in [2.75, 3.05) is 32.8 Å². The second-order valence-electron chi connectivity index (χ2n) is 6.51. The third-order valence-electron chi connectivity index (χ3n) is 4.72. The summed E-state index contributed by atoms with van der Waals surface area (Å²) in [5.41, 5.74) is 2.35. The predicted octanol–water partition coefficient (Wildman–Crippen LogP) is 3.46. The number of aryl methyl sites for hydroxylation is 1. The molecule has 0 radical (unpaired) electrons. The van der Waals surface area contributed by atoms with Crippen LogP contribution in [0.25, 0.3) is 0 Å². The van der Waals surface area contributed by atoms with E-state index >= 15 is 0 Å². The highest BCUT2D eigenvalue weighted by Crippen LogP contribution is 2.21. The molecule has 1 saturated heterocycles. The fourth-order valence-corrected chi connectivity index (χ4v) is 3.36. The molecule has 0 aliphatic carbocycles. The summed E-state index contributed by atoms with van der Waals surface area (Å²) >= 11 is 5.90. The van der Waals surface area contributed by atoms with Crippen LogP contribution in [0.1, 0.15) is 23.6 Å². The summed E-state index contributed by atoms with van der Waals surface area (Å²) in [6.07, 6.45) is 1.20. The first-order chi connectivity index (χ1) is 12.7. The predicted molar refractivity (Wildman–Crippen MR) is 104 cm³/mol. The largest absolute Gasteiger partial charge is 0.379 e. The number of nitrogens with zero attached hydrogens (tertiary/aromatic N) is 1. The Hall–Kier alpha value is -1.88. The van der Waals surface area contributed by atoms with Crippen LogP contribution in [-0.4, -0.2) is 43.7 Å². The van der Waals surface area contributed by atoms with Gasteiger partial charge in [-0.1, -0.05) is 54.1 Å². The molecular weight excluding hydrogens is 348 g/mol. The van der Waals surface area contributed by atoms with Crippen LogP contribution in [0.4, 0.5) is 0 Å². The number of hydrogen-bond acceptors (Lipinski definition) is 3. The van der Waals surface area contributed by atoms with Crippen molar-refractivity contribution in [3.8, 4) is 0 Å².